The second-order valence-electron chi connectivity index (χ2n) is 4.07. The molecule has 12 heteroatoms. The maximum absolute atomic E-state index is 11.2. The molecule has 0 aliphatic carbocycles. The molecule has 0 bridgehead atoms. The molecule has 0 aromatic carbocycles. The highest BCUT2D eigenvalue weighted by molar-refractivity contribution is 6.15. The average molecular weight is 346 g/mol. The van der Waals surface area contributed by atoms with Gasteiger partial charge in [0.05, 0.1) is 35.1 Å². The Bertz CT molecular complexity index is 633. The summed E-state index contributed by atoms with van der Waals surface area (Å²) in [6.45, 7) is 0. The minimum absolute atomic E-state index is 1.42. The molecule has 0 aromatic rings. The Kier molecular flexibility index (Phi) is 6.83. The highest BCUT2D eigenvalue weighted by Crippen LogP contribution is 2.24. The summed E-state index contributed by atoms with van der Waals surface area (Å²) in [6, 6.07) is 0. The molecule has 0 heterocycles. The highest BCUT2D eigenvalue weighted by Gasteiger charge is 2.34. The van der Waals surface area contributed by atoms with Gasteiger partial charge in [-0.25, -0.2) is 19.2 Å². The number of carbonyl (C=O) groups is 6. The van der Waals surface area contributed by atoms with Crippen LogP contribution in [0.15, 0.2) is 22.3 Å². The van der Waals surface area contributed by atoms with E-state index in [9.17, 15) is 28.8 Å². The number of hydrogen-bond acceptors (Lipinski definition) is 6. The summed E-state index contributed by atoms with van der Waals surface area (Å²) in [6.07, 6.45) is -2.87. The molecule has 12 nitrogen and oxygen atoms in total. The van der Waals surface area contributed by atoms with Crippen molar-refractivity contribution in [2.45, 2.75) is 12.8 Å². The number of carboxylic acid groups (broad SMARTS) is 6. The molecule has 0 unspecified atom stereocenters. The van der Waals surface area contributed by atoms with Crippen molar-refractivity contribution < 1.29 is 59.4 Å². The molecule has 0 spiro atoms. The summed E-state index contributed by atoms with van der Waals surface area (Å²) >= 11 is 0. The van der Waals surface area contributed by atoms with Crippen molar-refractivity contribution in [3.05, 3.63) is 22.3 Å². The molecule has 0 aliphatic heterocycles. The van der Waals surface area contributed by atoms with Crippen LogP contribution in [0.5, 0.6) is 0 Å². The second kappa shape index (κ2) is 8.07. The van der Waals surface area contributed by atoms with Gasteiger partial charge in [0.15, 0.2) is 0 Å². The first-order valence-corrected chi connectivity index (χ1v) is 5.73. The number of carboxylic acids is 6. The quantitative estimate of drug-likeness (QED) is 0.215. The standard InChI is InChI=1S/C12H10O12/c13-5(14)1-3(9(17)18)7(11(21)22)8(12(23)24)4(10(19)20)2-6(15)16/h1-2H2,(H,13,14)(H,15,16)(H,17,18)(H,19,20)(H,21,22)(H,23,24). The van der Waals surface area contributed by atoms with Gasteiger partial charge in [-0.15, -0.1) is 0 Å². The minimum Gasteiger partial charge on any atom is -0.481 e. The smallest absolute Gasteiger partial charge is 0.337 e. The van der Waals surface area contributed by atoms with E-state index >= 15 is 0 Å². The molecule has 0 fully saturated rings. The first kappa shape index (κ1) is 20.3. The van der Waals surface area contributed by atoms with E-state index in [4.69, 9.17) is 30.6 Å². The zero-order chi connectivity index (χ0) is 19.2. The van der Waals surface area contributed by atoms with Crippen LogP contribution in [0.3, 0.4) is 0 Å². The lowest BCUT2D eigenvalue weighted by Gasteiger charge is -2.11. The van der Waals surface area contributed by atoms with Gasteiger partial charge in [-0.2, -0.15) is 0 Å². The van der Waals surface area contributed by atoms with Crippen LogP contribution in [0, 0.1) is 0 Å². The summed E-state index contributed by atoms with van der Waals surface area (Å²) < 4.78 is 0. The molecular weight excluding hydrogens is 336 g/mol. The SMILES string of the molecule is O=C(O)CC(C(=O)O)=C(C(=O)O)C(C(=O)O)=C(CC(=O)O)C(=O)O. The van der Waals surface area contributed by atoms with Gasteiger partial charge >= 0.3 is 35.8 Å². The summed E-state index contributed by atoms with van der Waals surface area (Å²) in [5.74, 6) is -12.4. The monoisotopic (exact) mass is 346 g/mol. The predicted molar refractivity (Wildman–Crippen MR) is 69.1 cm³/mol. The fraction of sp³-hybridized carbons (Fsp3) is 0.167. The van der Waals surface area contributed by atoms with E-state index in [1.807, 2.05) is 0 Å². The Morgan fingerprint density at radius 2 is 0.708 bits per heavy atom. The normalized spacial score (nSPS) is 12.5. The third-order valence-corrected chi connectivity index (χ3v) is 2.45. The largest absolute Gasteiger partial charge is 0.481 e. The van der Waals surface area contributed by atoms with Crippen molar-refractivity contribution in [1.82, 2.24) is 0 Å². The second-order valence-corrected chi connectivity index (χ2v) is 4.07. The zero-order valence-electron chi connectivity index (χ0n) is 11.5. The van der Waals surface area contributed by atoms with Gasteiger partial charge in [-0.1, -0.05) is 0 Å². The molecule has 0 saturated carbocycles. The molecule has 6 N–H and O–H groups in total. The third-order valence-electron chi connectivity index (χ3n) is 2.45. The molecule has 0 saturated heterocycles. The van der Waals surface area contributed by atoms with E-state index in [0.29, 0.717) is 0 Å². The molecule has 0 radical (unpaired) electrons. The van der Waals surface area contributed by atoms with Crippen LogP contribution in [0.4, 0.5) is 0 Å². The Hall–Kier alpha value is -3.70. The Balaban J connectivity index is 7.01. The number of aliphatic carboxylic acids is 6. The molecule has 0 aliphatic rings. The van der Waals surface area contributed by atoms with Crippen molar-refractivity contribution in [3.63, 3.8) is 0 Å². The fourth-order valence-electron chi connectivity index (χ4n) is 1.62. The summed E-state index contributed by atoms with van der Waals surface area (Å²) in [4.78, 5) is 65.9. The maximum Gasteiger partial charge on any atom is 0.337 e. The van der Waals surface area contributed by atoms with Gasteiger partial charge in [0.25, 0.3) is 0 Å². The summed E-state index contributed by atoms with van der Waals surface area (Å²) in [5, 5.41) is 53.1. The Morgan fingerprint density at radius 3 is 0.833 bits per heavy atom. The van der Waals surface area contributed by atoms with Crippen LogP contribution in [-0.2, 0) is 28.8 Å². The van der Waals surface area contributed by atoms with Crippen molar-refractivity contribution >= 4 is 35.8 Å². The van der Waals surface area contributed by atoms with Crippen LogP contribution >= 0.6 is 0 Å². The molecule has 130 valence electrons. The zero-order valence-corrected chi connectivity index (χ0v) is 11.5. The number of rotatable bonds is 9. The molecule has 0 rings (SSSR count). The molecule has 0 amide bonds. The van der Waals surface area contributed by atoms with Gasteiger partial charge in [0.2, 0.25) is 0 Å². The number of hydrogen-bond donors (Lipinski definition) is 6. The van der Waals surface area contributed by atoms with Gasteiger partial charge in [-0.3, -0.25) is 9.59 Å². The van der Waals surface area contributed by atoms with E-state index in [0.717, 1.165) is 0 Å². The molecule has 24 heavy (non-hydrogen) atoms. The lowest BCUT2D eigenvalue weighted by atomic mass is 9.92. The Labute approximate surface area is 131 Å². The molecular formula is C12H10O12. The predicted octanol–water partition coefficient (Wildman–Crippen LogP) is -1.13. The molecule has 0 aromatic heterocycles. The van der Waals surface area contributed by atoms with Crippen LogP contribution in [-0.4, -0.2) is 66.5 Å². The van der Waals surface area contributed by atoms with E-state index in [2.05, 4.69) is 0 Å². The van der Waals surface area contributed by atoms with E-state index in [1.54, 1.807) is 0 Å². The summed E-state index contributed by atoms with van der Waals surface area (Å²) in [7, 11) is 0. The van der Waals surface area contributed by atoms with Gasteiger partial charge in [-0.05, 0) is 0 Å². The van der Waals surface area contributed by atoms with E-state index in [1.165, 1.54) is 0 Å². The van der Waals surface area contributed by atoms with Crippen molar-refractivity contribution in [1.29, 1.82) is 0 Å². The van der Waals surface area contributed by atoms with Crippen molar-refractivity contribution in [3.8, 4) is 0 Å². The van der Waals surface area contributed by atoms with Crippen LogP contribution in [0.2, 0.25) is 0 Å². The lowest BCUT2D eigenvalue weighted by molar-refractivity contribution is -0.141. The fourth-order valence-corrected chi connectivity index (χ4v) is 1.62. The first-order chi connectivity index (χ1) is 10.9. The van der Waals surface area contributed by atoms with Crippen molar-refractivity contribution in [2.24, 2.45) is 0 Å². The van der Waals surface area contributed by atoms with Gasteiger partial charge < -0.3 is 30.6 Å². The lowest BCUT2D eigenvalue weighted by Crippen LogP contribution is -2.23. The van der Waals surface area contributed by atoms with Crippen LogP contribution in [0.1, 0.15) is 12.8 Å². The van der Waals surface area contributed by atoms with Gasteiger partial charge in [0, 0.05) is 0 Å². The average Bonchev–Trinajstić information content (AvgIpc) is 2.38. The topological polar surface area (TPSA) is 224 Å². The third kappa shape index (κ3) is 5.25. The first-order valence-electron chi connectivity index (χ1n) is 5.73. The van der Waals surface area contributed by atoms with Crippen LogP contribution in [0.25, 0.3) is 0 Å². The highest BCUT2D eigenvalue weighted by atomic mass is 16.4. The summed E-state index contributed by atoms with van der Waals surface area (Å²) in [5.41, 5.74) is -6.10. The van der Waals surface area contributed by atoms with E-state index in [-0.39, 0.29) is 0 Å². The molecule has 0 atom stereocenters. The minimum atomic E-state index is -2.24. The van der Waals surface area contributed by atoms with Gasteiger partial charge in [0.1, 0.15) is 0 Å². The van der Waals surface area contributed by atoms with Crippen LogP contribution < -0.4 is 0 Å². The van der Waals surface area contributed by atoms with Crippen molar-refractivity contribution in [2.75, 3.05) is 0 Å². The Morgan fingerprint density at radius 1 is 0.458 bits per heavy atom. The van der Waals surface area contributed by atoms with E-state index < -0.39 is 70.9 Å². The maximum atomic E-state index is 11.2.